The molecular weight excluding hydrogens is 323 g/mol. The number of aryl methyl sites for hydroxylation is 1. The van der Waals surface area contributed by atoms with Crippen LogP contribution in [0.1, 0.15) is 29.3 Å². The van der Waals surface area contributed by atoms with Crippen molar-refractivity contribution in [3.8, 4) is 0 Å². The number of amides is 2. The van der Waals surface area contributed by atoms with Gasteiger partial charge >= 0.3 is 0 Å². The summed E-state index contributed by atoms with van der Waals surface area (Å²) in [5, 5.41) is 7.03. The van der Waals surface area contributed by atoms with Crippen molar-refractivity contribution in [2.75, 3.05) is 7.05 Å². The number of carbonyl (C=O) groups is 2. The fraction of sp³-hybridized carbons (Fsp3) is 0.389. The molecule has 2 aromatic rings. The third kappa shape index (κ3) is 3.26. The number of hydrogen-bond acceptors (Lipinski definition) is 3. The molecule has 132 valence electrons. The number of likely N-dealkylation sites (tertiary alicyclic amines) is 1. The number of hydrogen-bond donors (Lipinski definition) is 1. The summed E-state index contributed by atoms with van der Waals surface area (Å²) >= 11 is 0. The van der Waals surface area contributed by atoms with Gasteiger partial charge in [0.15, 0.2) is 0 Å². The number of aromatic nitrogens is 2. The SMILES string of the molecule is Cc1c(CNC(=O)[C@H]2CC(=O)N(C)[C@H]2c2cccc(F)c2)cnn1C. The van der Waals surface area contributed by atoms with Gasteiger partial charge in [0.25, 0.3) is 0 Å². The lowest BCUT2D eigenvalue weighted by Crippen LogP contribution is -2.34. The van der Waals surface area contributed by atoms with E-state index in [1.807, 2.05) is 14.0 Å². The average Bonchev–Trinajstić information content (AvgIpc) is 3.06. The van der Waals surface area contributed by atoms with Crippen LogP contribution < -0.4 is 5.32 Å². The molecule has 2 heterocycles. The highest BCUT2D eigenvalue weighted by Crippen LogP contribution is 2.37. The lowest BCUT2D eigenvalue weighted by molar-refractivity contribution is -0.128. The summed E-state index contributed by atoms with van der Waals surface area (Å²) in [5.74, 6) is -1.26. The zero-order valence-corrected chi connectivity index (χ0v) is 14.5. The first kappa shape index (κ1) is 17.1. The van der Waals surface area contributed by atoms with Gasteiger partial charge in [0.1, 0.15) is 5.82 Å². The van der Waals surface area contributed by atoms with Crippen molar-refractivity contribution in [3.05, 3.63) is 53.1 Å². The van der Waals surface area contributed by atoms with E-state index in [2.05, 4.69) is 10.4 Å². The summed E-state index contributed by atoms with van der Waals surface area (Å²) < 4.78 is 15.3. The molecule has 1 aliphatic rings. The van der Waals surface area contributed by atoms with Gasteiger partial charge in [0.2, 0.25) is 11.8 Å². The van der Waals surface area contributed by atoms with Crippen molar-refractivity contribution < 1.29 is 14.0 Å². The number of rotatable bonds is 4. The van der Waals surface area contributed by atoms with Gasteiger partial charge < -0.3 is 10.2 Å². The van der Waals surface area contributed by atoms with Gasteiger partial charge in [-0.25, -0.2) is 4.39 Å². The van der Waals surface area contributed by atoms with E-state index < -0.39 is 12.0 Å². The monoisotopic (exact) mass is 344 g/mol. The summed E-state index contributed by atoms with van der Waals surface area (Å²) in [6, 6.07) is 5.60. The summed E-state index contributed by atoms with van der Waals surface area (Å²) in [6.45, 7) is 2.28. The van der Waals surface area contributed by atoms with E-state index in [0.29, 0.717) is 12.1 Å². The minimum atomic E-state index is -0.545. The van der Waals surface area contributed by atoms with Crippen molar-refractivity contribution in [1.82, 2.24) is 20.0 Å². The molecule has 0 aliphatic carbocycles. The van der Waals surface area contributed by atoms with Crippen molar-refractivity contribution in [3.63, 3.8) is 0 Å². The minimum absolute atomic E-state index is 0.119. The Morgan fingerprint density at radius 1 is 1.40 bits per heavy atom. The Labute approximate surface area is 145 Å². The van der Waals surface area contributed by atoms with E-state index in [1.54, 1.807) is 30.1 Å². The molecule has 25 heavy (non-hydrogen) atoms. The molecule has 2 atom stereocenters. The second-order valence-electron chi connectivity index (χ2n) is 6.41. The maximum atomic E-state index is 13.6. The van der Waals surface area contributed by atoms with Crippen molar-refractivity contribution in [1.29, 1.82) is 0 Å². The molecule has 1 aromatic carbocycles. The normalized spacial score (nSPS) is 20.2. The van der Waals surface area contributed by atoms with Crippen LogP contribution in [0.25, 0.3) is 0 Å². The molecule has 1 aliphatic heterocycles. The lowest BCUT2D eigenvalue weighted by atomic mass is 9.92. The molecule has 2 amide bonds. The number of halogens is 1. The van der Waals surface area contributed by atoms with E-state index >= 15 is 0 Å². The fourth-order valence-electron chi connectivity index (χ4n) is 3.28. The van der Waals surface area contributed by atoms with Crippen molar-refractivity contribution in [2.24, 2.45) is 13.0 Å². The molecule has 6 nitrogen and oxygen atoms in total. The van der Waals surface area contributed by atoms with E-state index in [4.69, 9.17) is 0 Å². The van der Waals surface area contributed by atoms with E-state index in [9.17, 15) is 14.0 Å². The third-order valence-corrected chi connectivity index (χ3v) is 4.90. The Hall–Kier alpha value is -2.70. The molecule has 0 spiro atoms. The lowest BCUT2D eigenvalue weighted by Gasteiger charge is -2.25. The van der Waals surface area contributed by atoms with Gasteiger partial charge in [-0.3, -0.25) is 14.3 Å². The standard InChI is InChI=1S/C18H21FN4O2/c1-11-13(10-21-23(11)3)9-20-18(25)15-8-16(24)22(2)17(15)12-5-4-6-14(19)7-12/h4-7,10,15,17H,8-9H2,1-3H3,(H,20,25)/t15-,17-/m0/s1. The van der Waals surface area contributed by atoms with Crippen LogP contribution in [0.5, 0.6) is 0 Å². The third-order valence-electron chi connectivity index (χ3n) is 4.90. The molecule has 3 rings (SSSR count). The van der Waals surface area contributed by atoms with Crippen LogP contribution in [0.2, 0.25) is 0 Å². The molecule has 7 heteroatoms. The van der Waals surface area contributed by atoms with Gasteiger partial charge in [-0.15, -0.1) is 0 Å². The van der Waals surface area contributed by atoms with Crippen molar-refractivity contribution >= 4 is 11.8 Å². The molecule has 0 saturated carbocycles. The maximum Gasteiger partial charge on any atom is 0.226 e. The molecule has 0 radical (unpaired) electrons. The van der Waals surface area contributed by atoms with E-state index in [-0.39, 0.29) is 24.1 Å². The number of carbonyl (C=O) groups excluding carboxylic acids is 2. The topological polar surface area (TPSA) is 67.2 Å². The number of benzene rings is 1. The first-order valence-corrected chi connectivity index (χ1v) is 8.14. The second kappa shape index (κ2) is 6.66. The summed E-state index contributed by atoms with van der Waals surface area (Å²) in [5.41, 5.74) is 2.53. The van der Waals surface area contributed by atoms with Gasteiger partial charge in [-0.1, -0.05) is 12.1 Å². The van der Waals surface area contributed by atoms with Gasteiger partial charge in [0.05, 0.1) is 18.2 Å². The van der Waals surface area contributed by atoms with Crippen LogP contribution in [-0.2, 0) is 23.2 Å². The van der Waals surface area contributed by atoms with Gasteiger partial charge in [-0.2, -0.15) is 5.10 Å². The predicted molar refractivity (Wildman–Crippen MR) is 89.8 cm³/mol. The highest BCUT2D eigenvalue weighted by Gasteiger charge is 2.42. The first-order chi connectivity index (χ1) is 11.9. The van der Waals surface area contributed by atoms with Crippen LogP contribution in [0.4, 0.5) is 4.39 Å². The van der Waals surface area contributed by atoms with Crippen molar-refractivity contribution in [2.45, 2.75) is 25.9 Å². The fourth-order valence-corrected chi connectivity index (χ4v) is 3.28. The first-order valence-electron chi connectivity index (χ1n) is 8.14. The summed E-state index contributed by atoms with van der Waals surface area (Å²) in [4.78, 5) is 26.3. The van der Waals surface area contributed by atoms with Crippen LogP contribution >= 0.6 is 0 Å². The Kier molecular flexibility index (Phi) is 4.57. The zero-order chi connectivity index (χ0) is 18.1. The molecule has 1 N–H and O–H groups in total. The largest absolute Gasteiger partial charge is 0.352 e. The Balaban J connectivity index is 1.77. The molecule has 0 unspecified atom stereocenters. The van der Waals surface area contributed by atoms with E-state index in [0.717, 1.165) is 11.3 Å². The Morgan fingerprint density at radius 2 is 2.16 bits per heavy atom. The minimum Gasteiger partial charge on any atom is -0.352 e. The van der Waals surface area contributed by atoms with Crippen LogP contribution in [-0.4, -0.2) is 33.5 Å². The Bertz CT molecular complexity index is 817. The maximum absolute atomic E-state index is 13.6. The highest BCUT2D eigenvalue weighted by molar-refractivity contribution is 5.90. The van der Waals surface area contributed by atoms with Gasteiger partial charge in [0, 0.05) is 38.3 Å². The molecular formula is C18H21FN4O2. The molecule has 1 aromatic heterocycles. The summed E-state index contributed by atoms with van der Waals surface area (Å²) in [7, 11) is 3.49. The zero-order valence-electron chi connectivity index (χ0n) is 14.5. The highest BCUT2D eigenvalue weighted by atomic mass is 19.1. The number of nitrogens with one attached hydrogen (secondary N) is 1. The number of nitrogens with zero attached hydrogens (tertiary/aromatic N) is 3. The van der Waals surface area contributed by atoms with Gasteiger partial charge in [-0.05, 0) is 24.6 Å². The van der Waals surface area contributed by atoms with E-state index in [1.165, 1.54) is 17.0 Å². The quantitative estimate of drug-likeness (QED) is 0.918. The average molecular weight is 344 g/mol. The molecule has 1 saturated heterocycles. The smallest absolute Gasteiger partial charge is 0.226 e. The second-order valence-corrected chi connectivity index (χ2v) is 6.41. The predicted octanol–water partition coefficient (Wildman–Crippen LogP) is 1.70. The molecule has 1 fully saturated rings. The van der Waals surface area contributed by atoms with Crippen LogP contribution in [0.15, 0.2) is 30.5 Å². The summed E-state index contributed by atoms with van der Waals surface area (Å²) in [6.07, 6.45) is 1.83. The Morgan fingerprint density at radius 3 is 2.80 bits per heavy atom. The van der Waals surface area contributed by atoms with Crippen LogP contribution in [0.3, 0.4) is 0 Å². The molecule has 0 bridgehead atoms. The van der Waals surface area contributed by atoms with Crippen LogP contribution in [0, 0.1) is 18.7 Å².